The van der Waals surface area contributed by atoms with Crippen LogP contribution >= 0.6 is 0 Å². The second-order valence-electron chi connectivity index (χ2n) is 7.57. The fraction of sp³-hybridized carbons (Fsp3) is 0.944. The van der Waals surface area contributed by atoms with Crippen LogP contribution in [-0.4, -0.2) is 39.6 Å². The van der Waals surface area contributed by atoms with E-state index in [1.807, 2.05) is 41.5 Å². The van der Waals surface area contributed by atoms with Crippen LogP contribution in [0.15, 0.2) is 0 Å². The van der Waals surface area contributed by atoms with Crippen LogP contribution in [0, 0.1) is 5.92 Å². The standard InChI is InChI=1S/C18H39NO4Si/c1-14(2)10-11-18(20)19-12-9-13-24(21-15(3)4,22-16(5)6)23-17(7)8/h14-17H,9-13H2,1-8H3,(H,19,20). The molecule has 0 saturated heterocycles. The molecule has 0 aliphatic rings. The van der Waals surface area contributed by atoms with Gasteiger partial charge >= 0.3 is 8.80 Å². The number of carbonyl (C=O) groups excluding carboxylic acids is 1. The Labute approximate surface area is 150 Å². The van der Waals surface area contributed by atoms with Crippen molar-refractivity contribution < 1.29 is 18.1 Å². The maximum absolute atomic E-state index is 11.8. The van der Waals surface area contributed by atoms with Crippen molar-refractivity contribution >= 4 is 14.7 Å². The van der Waals surface area contributed by atoms with Crippen molar-refractivity contribution in [1.82, 2.24) is 5.32 Å². The molecular weight excluding hydrogens is 322 g/mol. The summed E-state index contributed by atoms with van der Waals surface area (Å²) in [7, 11) is -2.74. The topological polar surface area (TPSA) is 56.8 Å². The van der Waals surface area contributed by atoms with Gasteiger partial charge in [0.1, 0.15) is 0 Å². The van der Waals surface area contributed by atoms with Gasteiger partial charge in [-0.05, 0) is 60.3 Å². The molecule has 0 spiro atoms. The number of rotatable bonds is 13. The van der Waals surface area contributed by atoms with E-state index in [0.29, 0.717) is 24.9 Å². The Hall–Kier alpha value is -0.433. The van der Waals surface area contributed by atoms with E-state index in [-0.39, 0.29) is 24.2 Å². The molecule has 6 heteroatoms. The van der Waals surface area contributed by atoms with Crippen LogP contribution in [0.2, 0.25) is 6.04 Å². The predicted molar refractivity (Wildman–Crippen MR) is 101 cm³/mol. The van der Waals surface area contributed by atoms with Gasteiger partial charge < -0.3 is 18.6 Å². The molecule has 0 aromatic carbocycles. The second-order valence-corrected chi connectivity index (χ2v) is 10.1. The molecule has 0 radical (unpaired) electrons. The lowest BCUT2D eigenvalue weighted by atomic mass is 10.1. The maximum Gasteiger partial charge on any atom is 0.501 e. The van der Waals surface area contributed by atoms with E-state index in [9.17, 15) is 4.79 Å². The average molecular weight is 362 g/mol. The highest BCUT2D eigenvalue weighted by molar-refractivity contribution is 6.60. The average Bonchev–Trinajstić information content (AvgIpc) is 2.38. The molecule has 0 bridgehead atoms. The molecule has 0 heterocycles. The molecule has 144 valence electrons. The highest BCUT2D eigenvalue weighted by Gasteiger charge is 2.43. The molecule has 24 heavy (non-hydrogen) atoms. The van der Waals surface area contributed by atoms with Crippen molar-refractivity contribution in [1.29, 1.82) is 0 Å². The van der Waals surface area contributed by atoms with Gasteiger partial charge in [0.05, 0.1) is 0 Å². The van der Waals surface area contributed by atoms with Crippen LogP contribution in [0.4, 0.5) is 0 Å². The highest BCUT2D eigenvalue weighted by atomic mass is 28.4. The van der Waals surface area contributed by atoms with Crippen LogP contribution in [0.25, 0.3) is 0 Å². The van der Waals surface area contributed by atoms with E-state index in [0.717, 1.165) is 12.8 Å². The van der Waals surface area contributed by atoms with Gasteiger partial charge in [0.25, 0.3) is 0 Å². The van der Waals surface area contributed by atoms with Crippen LogP contribution < -0.4 is 5.32 Å². The van der Waals surface area contributed by atoms with Crippen LogP contribution in [0.3, 0.4) is 0 Å². The predicted octanol–water partition coefficient (Wildman–Crippen LogP) is 4.14. The van der Waals surface area contributed by atoms with Crippen LogP contribution in [0.5, 0.6) is 0 Å². The summed E-state index contributed by atoms with van der Waals surface area (Å²) in [6.45, 7) is 16.9. The fourth-order valence-electron chi connectivity index (χ4n) is 2.38. The Morgan fingerprint density at radius 2 is 1.33 bits per heavy atom. The number of amides is 1. The van der Waals surface area contributed by atoms with Crippen LogP contribution in [0.1, 0.15) is 74.7 Å². The summed E-state index contributed by atoms with van der Waals surface area (Å²) in [4.78, 5) is 11.8. The first-order valence-corrected chi connectivity index (χ1v) is 11.3. The minimum Gasteiger partial charge on any atom is -0.371 e. The SMILES string of the molecule is CC(C)CCC(=O)NCCC[Si](OC(C)C)(OC(C)C)OC(C)C. The highest BCUT2D eigenvalue weighted by Crippen LogP contribution is 2.23. The van der Waals surface area contributed by atoms with E-state index in [4.69, 9.17) is 13.3 Å². The molecule has 0 unspecified atom stereocenters. The van der Waals surface area contributed by atoms with Gasteiger partial charge in [-0.25, -0.2) is 0 Å². The Bertz CT molecular complexity index is 319. The van der Waals surface area contributed by atoms with E-state index in [1.165, 1.54) is 0 Å². The lowest BCUT2D eigenvalue weighted by molar-refractivity contribution is -0.121. The molecule has 0 aliphatic carbocycles. The summed E-state index contributed by atoms with van der Waals surface area (Å²) in [6, 6.07) is 0.714. The lowest BCUT2D eigenvalue weighted by Crippen LogP contribution is -2.51. The summed E-state index contributed by atoms with van der Waals surface area (Å²) < 4.78 is 18.4. The van der Waals surface area contributed by atoms with Gasteiger partial charge in [-0.2, -0.15) is 0 Å². The molecule has 0 rings (SSSR count). The maximum atomic E-state index is 11.8. The third-order valence-electron chi connectivity index (χ3n) is 3.18. The van der Waals surface area contributed by atoms with Crippen LogP contribution in [-0.2, 0) is 18.1 Å². The Morgan fingerprint density at radius 1 is 0.875 bits per heavy atom. The van der Waals surface area contributed by atoms with Crippen molar-refractivity contribution in [2.75, 3.05) is 6.54 Å². The van der Waals surface area contributed by atoms with E-state index < -0.39 is 8.80 Å². The molecule has 5 nitrogen and oxygen atoms in total. The summed E-state index contributed by atoms with van der Waals surface area (Å²) in [5.74, 6) is 0.671. The quantitative estimate of drug-likeness (QED) is 0.396. The minimum absolute atomic E-state index is 0.0507. The van der Waals surface area contributed by atoms with Crippen molar-refractivity contribution in [3.63, 3.8) is 0 Å². The number of carbonyl (C=O) groups is 1. The first kappa shape index (κ1) is 23.6. The zero-order chi connectivity index (χ0) is 18.8. The summed E-state index contributed by atoms with van der Waals surface area (Å²) in [6.07, 6.45) is 2.47. The largest absolute Gasteiger partial charge is 0.501 e. The molecule has 0 aromatic heterocycles. The molecule has 1 amide bonds. The molecule has 0 fully saturated rings. The van der Waals surface area contributed by atoms with Gasteiger partial charge in [0.2, 0.25) is 5.91 Å². The minimum atomic E-state index is -2.74. The molecule has 0 saturated carbocycles. The van der Waals surface area contributed by atoms with Gasteiger partial charge in [-0.15, -0.1) is 0 Å². The smallest absolute Gasteiger partial charge is 0.371 e. The van der Waals surface area contributed by atoms with Gasteiger partial charge in [0.15, 0.2) is 0 Å². The molecule has 0 aliphatic heterocycles. The van der Waals surface area contributed by atoms with Gasteiger partial charge in [0, 0.05) is 37.3 Å². The van der Waals surface area contributed by atoms with Gasteiger partial charge in [-0.3, -0.25) is 4.79 Å². The monoisotopic (exact) mass is 361 g/mol. The Morgan fingerprint density at radius 3 is 1.71 bits per heavy atom. The van der Waals surface area contributed by atoms with Gasteiger partial charge in [-0.1, -0.05) is 13.8 Å². The van der Waals surface area contributed by atoms with Crippen molar-refractivity contribution in [3.8, 4) is 0 Å². The first-order chi connectivity index (χ1) is 11.1. The third-order valence-corrected chi connectivity index (χ3v) is 6.63. The van der Waals surface area contributed by atoms with E-state index in [2.05, 4.69) is 19.2 Å². The normalized spacial score (nSPS) is 12.7. The molecule has 0 aromatic rings. The Kier molecular flexibility index (Phi) is 11.8. The molecule has 1 N–H and O–H groups in total. The second kappa shape index (κ2) is 12.0. The summed E-state index contributed by atoms with van der Waals surface area (Å²) >= 11 is 0. The van der Waals surface area contributed by atoms with Crippen molar-refractivity contribution in [2.45, 2.75) is 99.0 Å². The Balaban J connectivity index is 4.55. The zero-order valence-electron chi connectivity index (χ0n) is 17.0. The van der Waals surface area contributed by atoms with E-state index >= 15 is 0 Å². The third kappa shape index (κ3) is 12.0. The summed E-state index contributed by atoms with van der Waals surface area (Å²) in [5, 5.41) is 2.99. The summed E-state index contributed by atoms with van der Waals surface area (Å²) in [5.41, 5.74) is 0. The molecule has 0 atom stereocenters. The van der Waals surface area contributed by atoms with E-state index in [1.54, 1.807) is 0 Å². The molecular formula is C18H39NO4Si. The fourth-order valence-corrected chi connectivity index (χ4v) is 5.66. The number of nitrogens with one attached hydrogen (secondary N) is 1. The van der Waals surface area contributed by atoms with Crippen molar-refractivity contribution in [3.05, 3.63) is 0 Å². The lowest BCUT2D eigenvalue weighted by Gasteiger charge is -2.34. The zero-order valence-corrected chi connectivity index (χ0v) is 18.0. The first-order valence-electron chi connectivity index (χ1n) is 9.36. The number of hydrogen-bond donors (Lipinski definition) is 1. The number of hydrogen-bond acceptors (Lipinski definition) is 4. The van der Waals surface area contributed by atoms with Crippen molar-refractivity contribution in [2.24, 2.45) is 5.92 Å².